The molecule has 1 heterocycles. The molecule has 0 bridgehead atoms. The fraction of sp³-hybridized carbons (Fsp3) is 0.533. The van der Waals surface area contributed by atoms with Crippen molar-refractivity contribution in [3.05, 3.63) is 22.8 Å². The van der Waals surface area contributed by atoms with E-state index >= 15 is 0 Å². The van der Waals surface area contributed by atoms with E-state index in [0.717, 1.165) is 0 Å². The van der Waals surface area contributed by atoms with E-state index in [1.54, 1.807) is 7.05 Å². The smallest absolute Gasteiger partial charge is 0.255 e. The summed E-state index contributed by atoms with van der Waals surface area (Å²) in [6.45, 7) is 7.41. The van der Waals surface area contributed by atoms with Gasteiger partial charge in [0.2, 0.25) is 11.8 Å². The van der Waals surface area contributed by atoms with Crippen LogP contribution in [0, 0.1) is 0 Å². The lowest BCUT2D eigenvalue weighted by molar-refractivity contribution is -0.122. The summed E-state index contributed by atoms with van der Waals surface area (Å²) in [5.41, 5.74) is 0.306. The van der Waals surface area contributed by atoms with Gasteiger partial charge in [-0.15, -0.1) is 0 Å². The zero-order valence-corrected chi connectivity index (χ0v) is 14.3. The molecule has 0 spiro atoms. The van der Waals surface area contributed by atoms with E-state index in [0.29, 0.717) is 5.56 Å². The second-order valence-corrected chi connectivity index (χ2v) is 5.97. The Labute approximate surface area is 135 Å². The van der Waals surface area contributed by atoms with Crippen molar-refractivity contribution < 1.29 is 14.3 Å². The first-order valence-corrected chi connectivity index (χ1v) is 7.45. The molecule has 7 heteroatoms. The van der Waals surface area contributed by atoms with Gasteiger partial charge in [0.15, 0.2) is 0 Å². The summed E-state index contributed by atoms with van der Waals surface area (Å²) in [6.07, 6.45) is 1.33. The average molecular weight is 328 g/mol. The van der Waals surface area contributed by atoms with Gasteiger partial charge in [-0.25, -0.2) is 4.98 Å². The number of pyridine rings is 1. The number of rotatable bonds is 6. The molecule has 1 aromatic rings. The molecule has 6 nitrogen and oxygen atoms in total. The third-order valence-corrected chi connectivity index (χ3v) is 2.85. The van der Waals surface area contributed by atoms with Crippen molar-refractivity contribution >= 4 is 23.4 Å². The van der Waals surface area contributed by atoms with Crippen LogP contribution in [0.1, 0.15) is 38.1 Å². The van der Waals surface area contributed by atoms with Gasteiger partial charge in [-0.1, -0.05) is 11.6 Å². The topological polar surface area (TPSA) is 71.5 Å². The monoisotopic (exact) mass is 327 g/mol. The van der Waals surface area contributed by atoms with Crippen LogP contribution in [0.2, 0.25) is 5.02 Å². The first-order chi connectivity index (χ1) is 10.2. The number of carbonyl (C=O) groups is 2. The molecule has 0 aliphatic rings. The number of carbonyl (C=O) groups excluding carboxylic acids is 2. The number of halogens is 1. The molecule has 0 atom stereocenters. The number of hydrogen-bond donors (Lipinski definition) is 1. The Bertz CT molecular complexity index is 547. The Morgan fingerprint density at radius 3 is 2.50 bits per heavy atom. The van der Waals surface area contributed by atoms with E-state index in [2.05, 4.69) is 10.3 Å². The quantitative estimate of drug-likeness (QED) is 0.868. The number of likely N-dealkylation sites (N-methyl/N-ethyl adjacent to an activating group) is 1. The molecule has 1 N–H and O–H groups in total. The normalized spacial score (nSPS) is 10.7. The van der Waals surface area contributed by atoms with Crippen molar-refractivity contribution in [1.29, 1.82) is 0 Å². The molecule has 1 rings (SSSR count). The van der Waals surface area contributed by atoms with E-state index in [1.165, 1.54) is 17.2 Å². The van der Waals surface area contributed by atoms with Crippen LogP contribution in [-0.2, 0) is 4.79 Å². The number of aromatic nitrogens is 1. The molecule has 0 radical (unpaired) electrons. The maximum atomic E-state index is 12.3. The standard InChI is InChI=1S/C15H22ClN3O3/c1-9(2)18-13(20)8-19(5)15(21)11-6-12(16)14(17-7-11)22-10(3)4/h6-7,9-10H,8H2,1-5H3,(H,18,20). The molecule has 0 unspecified atom stereocenters. The molecule has 0 aliphatic heterocycles. The lowest BCUT2D eigenvalue weighted by Gasteiger charge is -2.18. The first-order valence-electron chi connectivity index (χ1n) is 7.07. The second kappa shape index (κ2) is 7.98. The SMILES string of the molecule is CC(C)NC(=O)CN(C)C(=O)c1cnc(OC(C)C)c(Cl)c1. The number of nitrogens with one attached hydrogen (secondary N) is 1. The van der Waals surface area contributed by atoms with Crippen molar-refractivity contribution in [1.82, 2.24) is 15.2 Å². The van der Waals surface area contributed by atoms with Crippen LogP contribution < -0.4 is 10.1 Å². The van der Waals surface area contributed by atoms with E-state index in [4.69, 9.17) is 16.3 Å². The van der Waals surface area contributed by atoms with Crippen molar-refractivity contribution in [2.75, 3.05) is 13.6 Å². The summed E-state index contributed by atoms with van der Waals surface area (Å²) in [5.74, 6) is -0.262. The highest BCUT2D eigenvalue weighted by atomic mass is 35.5. The second-order valence-electron chi connectivity index (χ2n) is 5.56. The molecule has 0 aromatic carbocycles. The van der Waals surface area contributed by atoms with Crippen molar-refractivity contribution in [3.63, 3.8) is 0 Å². The van der Waals surface area contributed by atoms with E-state index in [9.17, 15) is 9.59 Å². The van der Waals surface area contributed by atoms with Crippen LogP contribution in [-0.4, -0.2) is 47.4 Å². The van der Waals surface area contributed by atoms with E-state index in [-0.39, 0.29) is 41.4 Å². The van der Waals surface area contributed by atoms with Crippen molar-refractivity contribution in [2.24, 2.45) is 0 Å². The maximum absolute atomic E-state index is 12.3. The minimum absolute atomic E-state index is 0.0274. The molecule has 22 heavy (non-hydrogen) atoms. The number of hydrogen-bond acceptors (Lipinski definition) is 4. The molecule has 1 aromatic heterocycles. The first kappa shape index (κ1) is 18.2. The molecule has 0 fully saturated rings. The van der Waals surface area contributed by atoms with Gasteiger partial charge in [0.05, 0.1) is 18.2 Å². The van der Waals surface area contributed by atoms with Crippen LogP contribution in [0.25, 0.3) is 0 Å². The predicted octanol–water partition coefficient (Wildman–Crippen LogP) is 2.12. The molecular weight excluding hydrogens is 306 g/mol. The van der Waals surface area contributed by atoms with Crippen molar-refractivity contribution in [2.45, 2.75) is 39.8 Å². The summed E-state index contributed by atoms with van der Waals surface area (Å²) in [4.78, 5) is 29.3. The van der Waals surface area contributed by atoms with E-state index in [1.807, 2.05) is 27.7 Å². The Morgan fingerprint density at radius 2 is 2.00 bits per heavy atom. The molecule has 0 saturated carbocycles. The average Bonchev–Trinajstić information content (AvgIpc) is 2.38. The summed E-state index contributed by atoms with van der Waals surface area (Å²) in [5, 5.41) is 2.99. The van der Waals surface area contributed by atoms with Crippen molar-refractivity contribution in [3.8, 4) is 5.88 Å². The molecule has 2 amide bonds. The molecule has 0 aliphatic carbocycles. The van der Waals surface area contributed by atoms with Crippen LogP contribution >= 0.6 is 11.6 Å². The Morgan fingerprint density at radius 1 is 1.36 bits per heavy atom. The summed E-state index contributed by atoms with van der Waals surface area (Å²) < 4.78 is 5.42. The Hall–Kier alpha value is -1.82. The molecule has 122 valence electrons. The highest BCUT2D eigenvalue weighted by molar-refractivity contribution is 6.32. The van der Waals surface area contributed by atoms with Crippen LogP contribution in [0.3, 0.4) is 0 Å². The minimum atomic E-state index is -0.329. The predicted molar refractivity (Wildman–Crippen MR) is 85.3 cm³/mol. The number of ether oxygens (including phenoxy) is 1. The summed E-state index contributed by atoms with van der Waals surface area (Å²) in [7, 11) is 1.55. The van der Waals surface area contributed by atoms with Gasteiger partial charge < -0.3 is 15.0 Å². The summed E-state index contributed by atoms with van der Waals surface area (Å²) in [6, 6.07) is 1.52. The van der Waals surface area contributed by atoms with E-state index < -0.39 is 0 Å². The van der Waals surface area contributed by atoms with Crippen LogP contribution in [0.5, 0.6) is 5.88 Å². The fourth-order valence-corrected chi connectivity index (χ4v) is 1.94. The molecular formula is C15H22ClN3O3. The minimum Gasteiger partial charge on any atom is -0.474 e. The van der Waals surface area contributed by atoms with Gasteiger partial charge in [-0.05, 0) is 33.8 Å². The third-order valence-electron chi connectivity index (χ3n) is 2.58. The van der Waals surface area contributed by atoms with Gasteiger partial charge in [0, 0.05) is 19.3 Å². The van der Waals surface area contributed by atoms with Crippen LogP contribution in [0.4, 0.5) is 0 Å². The zero-order valence-electron chi connectivity index (χ0n) is 13.5. The van der Waals surface area contributed by atoms with Gasteiger partial charge in [0.1, 0.15) is 5.02 Å². The molecule has 0 saturated heterocycles. The number of amides is 2. The Kier molecular flexibility index (Phi) is 6.61. The number of nitrogens with zero attached hydrogens (tertiary/aromatic N) is 2. The fourth-order valence-electron chi connectivity index (χ4n) is 1.73. The van der Waals surface area contributed by atoms with Gasteiger partial charge in [0.25, 0.3) is 5.91 Å². The Balaban J connectivity index is 2.76. The van der Waals surface area contributed by atoms with Crippen LogP contribution in [0.15, 0.2) is 12.3 Å². The van der Waals surface area contributed by atoms with Gasteiger partial charge in [-0.2, -0.15) is 0 Å². The lowest BCUT2D eigenvalue weighted by atomic mass is 10.2. The van der Waals surface area contributed by atoms with Gasteiger partial charge >= 0.3 is 0 Å². The van der Waals surface area contributed by atoms with Gasteiger partial charge in [-0.3, -0.25) is 9.59 Å². The maximum Gasteiger partial charge on any atom is 0.255 e. The highest BCUT2D eigenvalue weighted by Crippen LogP contribution is 2.23. The largest absolute Gasteiger partial charge is 0.474 e. The zero-order chi connectivity index (χ0) is 16.9. The third kappa shape index (κ3) is 5.52. The summed E-state index contributed by atoms with van der Waals surface area (Å²) >= 11 is 6.06. The highest BCUT2D eigenvalue weighted by Gasteiger charge is 2.17. The lowest BCUT2D eigenvalue weighted by Crippen LogP contribution is -2.40.